The van der Waals surface area contributed by atoms with E-state index in [-0.39, 0.29) is 11.4 Å². The van der Waals surface area contributed by atoms with Crippen LogP contribution in [-0.2, 0) is 9.53 Å². The Morgan fingerprint density at radius 2 is 1.94 bits per heavy atom. The number of rotatable bonds is 5. The van der Waals surface area contributed by atoms with Gasteiger partial charge in [-0.05, 0) is 63.2 Å². The van der Waals surface area contributed by atoms with Crippen molar-refractivity contribution >= 4 is 5.97 Å². The summed E-state index contributed by atoms with van der Waals surface area (Å²) in [4.78, 5) is 11.9. The molecule has 2 bridgehead atoms. The zero-order valence-electron chi connectivity index (χ0n) is 11.8. The molecule has 18 heavy (non-hydrogen) atoms. The Kier molecular flexibility index (Phi) is 4.00. The van der Waals surface area contributed by atoms with Crippen LogP contribution in [0.1, 0.15) is 46.5 Å². The van der Waals surface area contributed by atoms with E-state index < -0.39 is 0 Å². The highest BCUT2D eigenvalue weighted by molar-refractivity contribution is 5.75. The summed E-state index contributed by atoms with van der Waals surface area (Å²) in [6.45, 7) is 6.74. The van der Waals surface area contributed by atoms with Crippen LogP contribution in [0.25, 0.3) is 0 Å². The van der Waals surface area contributed by atoms with E-state index in [2.05, 4.69) is 0 Å². The van der Waals surface area contributed by atoms with Gasteiger partial charge < -0.3 is 9.84 Å². The van der Waals surface area contributed by atoms with Crippen LogP contribution < -0.4 is 0 Å². The third-order valence-electron chi connectivity index (χ3n) is 5.19. The van der Waals surface area contributed by atoms with Gasteiger partial charge in [0.1, 0.15) is 0 Å². The molecule has 0 spiro atoms. The number of carbonyl (C=O) groups is 1. The molecule has 0 aromatic heterocycles. The second-order valence-electron chi connectivity index (χ2n) is 6.78. The summed E-state index contributed by atoms with van der Waals surface area (Å²) >= 11 is 0. The molecule has 0 amide bonds. The van der Waals surface area contributed by atoms with Crippen molar-refractivity contribution in [2.24, 2.45) is 29.1 Å². The molecule has 0 aromatic rings. The minimum Gasteiger partial charge on any atom is -0.465 e. The van der Waals surface area contributed by atoms with Gasteiger partial charge in [0.25, 0.3) is 0 Å². The van der Waals surface area contributed by atoms with Crippen molar-refractivity contribution < 1.29 is 14.6 Å². The number of fused-ring (bicyclic) bond motifs is 2. The SMILES string of the molecule is CCC(C)(C)C(=O)OCC1CC2CC(CO)C1C2. The quantitative estimate of drug-likeness (QED) is 0.767. The van der Waals surface area contributed by atoms with Crippen molar-refractivity contribution in [3.8, 4) is 0 Å². The van der Waals surface area contributed by atoms with E-state index >= 15 is 0 Å². The highest BCUT2D eigenvalue weighted by Crippen LogP contribution is 2.51. The molecule has 0 aromatic carbocycles. The lowest BCUT2D eigenvalue weighted by Crippen LogP contribution is -2.31. The lowest BCUT2D eigenvalue weighted by molar-refractivity contribution is -0.156. The van der Waals surface area contributed by atoms with Gasteiger partial charge in [0, 0.05) is 6.61 Å². The average molecular weight is 254 g/mol. The Morgan fingerprint density at radius 1 is 1.28 bits per heavy atom. The fourth-order valence-corrected chi connectivity index (χ4v) is 3.57. The van der Waals surface area contributed by atoms with E-state index in [1.165, 1.54) is 19.3 Å². The van der Waals surface area contributed by atoms with Gasteiger partial charge in [0.15, 0.2) is 0 Å². The van der Waals surface area contributed by atoms with Gasteiger partial charge in [-0.25, -0.2) is 0 Å². The van der Waals surface area contributed by atoms with Crippen LogP contribution in [0.4, 0.5) is 0 Å². The summed E-state index contributed by atoms with van der Waals surface area (Å²) in [6, 6.07) is 0. The third-order valence-corrected chi connectivity index (χ3v) is 5.19. The molecule has 104 valence electrons. The van der Waals surface area contributed by atoms with Gasteiger partial charge >= 0.3 is 5.97 Å². The maximum Gasteiger partial charge on any atom is 0.311 e. The van der Waals surface area contributed by atoms with Crippen LogP contribution in [0.2, 0.25) is 0 Å². The monoisotopic (exact) mass is 254 g/mol. The van der Waals surface area contributed by atoms with E-state index in [1.807, 2.05) is 20.8 Å². The van der Waals surface area contributed by atoms with Crippen LogP contribution in [0.5, 0.6) is 0 Å². The molecule has 2 aliphatic rings. The number of hydrogen-bond acceptors (Lipinski definition) is 3. The second kappa shape index (κ2) is 5.20. The van der Waals surface area contributed by atoms with E-state index in [0.29, 0.717) is 31.0 Å². The fourth-order valence-electron chi connectivity index (χ4n) is 3.57. The standard InChI is InChI=1S/C15H26O3/c1-4-15(2,3)14(17)18-9-12-6-10-5-11(8-16)13(12)7-10/h10-13,16H,4-9H2,1-3H3. The molecule has 0 heterocycles. The molecule has 1 N–H and O–H groups in total. The zero-order chi connectivity index (χ0) is 13.3. The summed E-state index contributed by atoms with van der Waals surface area (Å²) in [7, 11) is 0. The lowest BCUT2D eigenvalue weighted by atomic mass is 9.81. The summed E-state index contributed by atoms with van der Waals surface area (Å²) in [6.07, 6.45) is 4.39. The van der Waals surface area contributed by atoms with Gasteiger partial charge in [-0.2, -0.15) is 0 Å². The maximum absolute atomic E-state index is 11.9. The number of aliphatic hydroxyl groups excluding tert-OH is 1. The molecule has 0 saturated heterocycles. The number of carbonyl (C=O) groups excluding carboxylic acids is 1. The predicted molar refractivity (Wildman–Crippen MR) is 69.9 cm³/mol. The second-order valence-corrected chi connectivity index (χ2v) is 6.78. The zero-order valence-corrected chi connectivity index (χ0v) is 11.8. The normalized spacial score (nSPS) is 34.9. The summed E-state index contributed by atoms with van der Waals surface area (Å²) in [5, 5.41) is 9.34. The van der Waals surface area contributed by atoms with Crippen molar-refractivity contribution in [1.82, 2.24) is 0 Å². The Bertz CT molecular complexity index is 311. The van der Waals surface area contributed by atoms with Crippen LogP contribution in [-0.4, -0.2) is 24.3 Å². The maximum atomic E-state index is 11.9. The van der Waals surface area contributed by atoms with Crippen LogP contribution in [0, 0.1) is 29.1 Å². The molecule has 0 radical (unpaired) electrons. The van der Waals surface area contributed by atoms with Gasteiger partial charge in [0.05, 0.1) is 12.0 Å². The topological polar surface area (TPSA) is 46.5 Å². The van der Waals surface area contributed by atoms with Gasteiger partial charge in [0.2, 0.25) is 0 Å². The van der Waals surface area contributed by atoms with Crippen molar-refractivity contribution in [3.63, 3.8) is 0 Å². The predicted octanol–water partition coefficient (Wildman–Crippen LogP) is 2.62. The van der Waals surface area contributed by atoms with E-state index in [9.17, 15) is 9.90 Å². The molecule has 0 aliphatic heterocycles. The van der Waals surface area contributed by atoms with Crippen LogP contribution >= 0.6 is 0 Å². The molecule has 2 saturated carbocycles. The largest absolute Gasteiger partial charge is 0.465 e. The van der Waals surface area contributed by atoms with Crippen LogP contribution in [0.3, 0.4) is 0 Å². The molecule has 4 atom stereocenters. The average Bonchev–Trinajstić information content (AvgIpc) is 2.94. The first-order valence-corrected chi connectivity index (χ1v) is 7.26. The first kappa shape index (κ1) is 13.9. The third kappa shape index (κ3) is 2.56. The van der Waals surface area contributed by atoms with Crippen molar-refractivity contribution in [2.75, 3.05) is 13.2 Å². The van der Waals surface area contributed by atoms with Gasteiger partial charge in [-0.1, -0.05) is 6.92 Å². The molecule has 2 fully saturated rings. The molecular weight excluding hydrogens is 228 g/mol. The fraction of sp³-hybridized carbons (Fsp3) is 0.933. The highest BCUT2D eigenvalue weighted by atomic mass is 16.5. The smallest absolute Gasteiger partial charge is 0.311 e. The number of esters is 1. The lowest BCUT2D eigenvalue weighted by Gasteiger charge is -2.29. The molecular formula is C15H26O3. The van der Waals surface area contributed by atoms with Crippen molar-refractivity contribution in [2.45, 2.75) is 46.5 Å². The number of hydrogen-bond donors (Lipinski definition) is 1. The summed E-state index contributed by atoms with van der Waals surface area (Å²) < 4.78 is 5.51. The Hall–Kier alpha value is -0.570. The summed E-state index contributed by atoms with van der Waals surface area (Å²) in [5.41, 5.74) is -0.367. The first-order valence-electron chi connectivity index (χ1n) is 7.26. The molecule has 2 aliphatic carbocycles. The number of ether oxygens (including phenoxy) is 1. The summed E-state index contributed by atoms with van der Waals surface area (Å²) in [5.74, 6) is 2.20. The molecule has 2 rings (SSSR count). The minimum atomic E-state index is -0.367. The Balaban J connectivity index is 1.83. The van der Waals surface area contributed by atoms with Gasteiger partial charge in [-0.3, -0.25) is 4.79 Å². The van der Waals surface area contributed by atoms with Crippen molar-refractivity contribution in [1.29, 1.82) is 0 Å². The number of aliphatic hydroxyl groups is 1. The Morgan fingerprint density at radius 3 is 2.50 bits per heavy atom. The minimum absolute atomic E-state index is 0.0756. The highest BCUT2D eigenvalue weighted by Gasteiger charge is 2.46. The Labute approximate surface area is 110 Å². The van der Waals surface area contributed by atoms with Crippen molar-refractivity contribution in [3.05, 3.63) is 0 Å². The molecule has 4 unspecified atom stereocenters. The molecule has 3 heteroatoms. The molecule has 3 nitrogen and oxygen atoms in total. The van der Waals surface area contributed by atoms with E-state index in [1.54, 1.807) is 0 Å². The first-order chi connectivity index (χ1) is 8.47. The van der Waals surface area contributed by atoms with Gasteiger partial charge in [-0.15, -0.1) is 0 Å². The van der Waals surface area contributed by atoms with Crippen LogP contribution in [0.15, 0.2) is 0 Å². The van der Waals surface area contributed by atoms with E-state index in [0.717, 1.165) is 12.3 Å². The van der Waals surface area contributed by atoms with E-state index in [4.69, 9.17) is 4.74 Å².